The highest BCUT2D eigenvalue weighted by molar-refractivity contribution is 5.28. The quantitative estimate of drug-likeness (QED) is 0.862. The predicted octanol–water partition coefficient (Wildman–Crippen LogP) is 3.83. The monoisotopic (exact) mass is 356 g/mol. The van der Waals surface area contributed by atoms with Crippen molar-refractivity contribution < 1.29 is 17.9 Å². The number of benzene rings is 1. The summed E-state index contributed by atoms with van der Waals surface area (Å²) in [6.45, 7) is 1.62. The van der Waals surface area contributed by atoms with E-state index in [2.05, 4.69) is 5.32 Å². The molecule has 140 valence electrons. The summed E-state index contributed by atoms with van der Waals surface area (Å²) in [4.78, 5) is 0. The summed E-state index contributed by atoms with van der Waals surface area (Å²) in [5.74, 6) is 0.192. The summed E-state index contributed by atoms with van der Waals surface area (Å²) in [5, 5.41) is 3.41. The van der Waals surface area contributed by atoms with Gasteiger partial charge in [0.2, 0.25) is 0 Å². The van der Waals surface area contributed by atoms with Gasteiger partial charge >= 0.3 is 6.18 Å². The van der Waals surface area contributed by atoms with E-state index in [1.165, 1.54) is 12.1 Å². The maximum Gasteiger partial charge on any atom is 0.416 e. The van der Waals surface area contributed by atoms with E-state index in [9.17, 15) is 13.2 Å². The maximum absolute atomic E-state index is 12.9. The number of nitrogens with one attached hydrogen (secondary N) is 1. The van der Waals surface area contributed by atoms with Gasteiger partial charge in [-0.1, -0.05) is 18.2 Å². The van der Waals surface area contributed by atoms with Crippen molar-refractivity contribution in [3.05, 3.63) is 35.4 Å². The van der Waals surface area contributed by atoms with E-state index in [-0.39, 0.29) is 24.1 Å². The van der Waals surface area contributed by atoms with Crippen LogP contribution in [0.1, 0.15) is 55.6 Å². The minimum Gasteiger partial charge on any atom is -0.377 e. The van der Waals surface area contributed by atoms with Crippen LogP contribution in [0.5, 0.6) is 0 Å². The summed E-state index contributed by atoms with van der Waals surface area (Å²) in [6, 6.07) is 6.13. The molecule has 0 radical (unpaired) electrons. The van der Waals surface area contributed by atoms with E-state index in [0.29, 0.717) is 6.61 Å². The van der Waals surface area contributed by atoms with Gasteiger partial charge in [-0.15, -0.1) is 0 Å². The molecule has 1 aliphatic carbocycles. The van der Waals surface area contributed by atoms with Gasteiger partial charge in [0.15, 0.2) is 0 Å². The minimum absolute atomic E-state index is 0.148. The summed E-state index contributed by atoms with van der Waals surface area (Å²) in [5.41, 5.74) is 6.35. The van der Waals surface area contributed by atoms with Crippen molar-refractivity contribution in [1.82, 2.24) is 5.32 Å². The van der Waals surface area contributed by atoms with Crippen LogP contribution in [0.4, 0.5) is 13.2 Å². The van der Waals surface area contributed by atoms with Crippen LogP contribution >= 0.6 is 0 Å². The van der Waals surface area contributed by atoms with Gasteiger partial charge in [0.1, 0.15) is 0 Å². The third kappa shape index (κ3) is 4.96. The molecule has 6 heteroatoms. The van der Waals surface area contributed by atoms with E-state index in [4.69, 9.17) is 10.5 Å². The SMILES string of the molecule is NC1CCCNC1COC1CCC(c2cccc(C(F)(F)F)c2)CC1. The molecule has 1 aliphatic heterocycles. The van der Waals surface area contributed by atoms with Gasteiger partial charge in [0, 0.05) is 12.1 Å². The Morgan fingerprint density at radius 2 is 1.88 bits per heavy atom. The number of alkyl halides is 3. The number of piperidine rings is 1. The zero-order chi connectivity index (χ0) is 17.9. The first-order valence-electron chi connectivity index (χ1n) is 9.21. The van der Waals surface area contributed by atoms with Crippen molar-refractivity contribution in [2.75, 3.05) is 13.2 Å². The Morgan fingerprint density at radius 1 is 1.12 bits per heavy atom. The molecule has 1 saturated carbocycles. The molecule has 2 fully saturated rings. The molecule has 3 N–H and O–H groups in total. The van der Waals surface area contributed by atoms with Crippen molar-refractivity contribution in [3.63, 3.8) is 0 Å². The molecule has 1 saturated heterocycles. The third-order valence-electron chi connectivity index (χ3n) is 5.51. The molecule has 1 heterocycles. The number of hydrogen-bond donors (Lipinski definition) is 2. The van der Waals surface area contributed by atoms with Gasteiger partial charge in [-0.25, -0.2) is 0 Å². The fourth-order valence-corrected chi connectivity index (χ4v) is 3.93. The van der Waals surface area contributed by atoms with Gasteiger partial charge in [-0.3, -0.25) is 0 Å². The van der Waals surface area contributed by atoms with Crippen LogP contribution in [0.2, 0.25) is 0 Å². The van der Waals surface area contributed by atoms with Crippen LogP contribution in [-0.4, -0.2) is 31.3 Å². The van der Waals surface area contributed by atoms with Gasteiger partial charge in [0.05, 0.1) is 18.3 Å². The summed E-state index contributed by atoms with van der Waals surface area (Å²) in [6.07, 6.45) is 1.58. The lowest BCUT2D eigenvalue weighted by atomic mass is 9.82. The lowest BCUT2D eigenvalue weighted by Crippen LogP contribution is -2.52. The molecule has 3 nitrogen and oxygen atoms in total. The van der Waals surface area contributed by atoms with Crippen LogP contribution in [0.25, 0.3) is 0 Å². The molecular weight excluding hydrogens is 329 g/mol. The molecule has 0 amide bonds. The third-order valence-corrected chi connectivity index (χ3v) is 5.51. The second-order valence-corrected chi connectivity index (χ2v) is 7.30. The zero-order valence-electron chi connectivity index (χ0n) is 14.4. The van der Waals surface area contributed by atoms with Crippen molar-refractivity contribution in [2.24, 2.45) is 5.73 Å². The number of ether oxygens (including phenoxy) is 1. The van der Waals surface area contributed by atoms with Crippen LogP contribution < -0.4 is 11.1 Å². The molecule has 1 aromatic rings. The van der Waals surface area contributed by atoms with Gasteiger partial charge in [-0.05, 0) is 62.6 Å². The molecule has 2 unspecified atom stereocenters. The zero-order valence-corrected chi connectivity index (χ0v) is 14.4. The molecule has 25 heavy (non-hydrogen) atoms. The fraction of sp³-hybridized carbons (Fsp3) is 0.684. The second kappa shape index (κ2) is 8.06. The summed E-state index contributed by atoms with van der Waals surface area (Å²) in [7, 11) is 0. The molecule has 0 bridgehead atoms. The smallest absolute Gasteiger partial charge is 0.377 e. The highest BCUT2D eigenvalue weighted by Gasteiger charge is 2.32. The number of halogens is 3. The van der Waals surface area contributed by atoms with E-state index in [1.54, 1.807) is 0 Å². The summed E-state index contributed by atoms with van der Waals surface area (Å²) < 4.78 is 44.6. The number of nitrogens with two attached hydrogens (primary N) is 1. The molecule has 2 atom stereocenters. The molecule has 2 aliphatic rings. The van der Waals surface area contributed by atoms with E-state index >= 15 is 0 Å². The van der Waals surface area contributed by atoms with Crippen molar-refractivity contribution in [2.45, 2.75) is 68.8 Å². The summed E-state index contributed by atoms with van der Waals surface area (Å²) >= 11 is 0. The Labute approximate surface area is 147 Å². The number of hydrogen-bond acceptors (Lipinski definition) is 3. The van der Waals surface area contributed by atoms with Crippen LogP contribution in [-0.2, 0) is 10.9 Å². The Kier molecular flexibility index (Phi) is 6.02. The Hall–Kier alpha value is -1.11. The van der Waals surface area contributed by atoms with Gasteiger partial charge < -0.3 is 15.8 Å². The van der Waals surface area contributed by atoms with E-state index < -0.39 is 11.7 Å². The first kappa shape index (κ1) is 18.7. The molecule has 0 spiro atoms. The fourth-order valence-electron chi connectivity index (χ4n) is 3.93. The molecule has 0 aromatic heterocycles. The van der Waals surface area contributed by atoms with Gasteiger partial charge in [-0.2, -0.15) is 13.2 Å². The molecular formula is C19H27F3N2O. The lowest BCUT2D eigenvalue weighted by Gasteiger charge is -2.33. The average molecular weight is 356 g/mol. The second-order valence-electron chi connectivity index (χ2n) is 7.30. The van der Waals surface area contributed by atoms with Gasteiger partial charge in [0.25, 0.3) is 0 Å². The van der Waals surface area contributed by atoms with Crippen LogP contribution in [0.3, 0.4) is 0 Å². The van der Waals surface area contributed by atoms with Crippen LogP contribution in [0, 0.1) is 0 Å². The first-order valence-corrected chi connectivity index (χ1v) is 9.21. The minimum atomic E-state index is -4.28. The average Bonchev–Trinajstić information content (AvgIpc) is 2.61. The highest BCUT2D eigenvalue weighted by atomic mass is 19.4. The standard InChI is InChI=1S/C19H27F3N2O/c20-19(21,22)15-4-1-3-14(11-15)13-6-8-16(9-7-13)25-12-18-17(23)5-2-10-24-18/h1,3-4,11,13,16-18,24H,2,5-10,12,23H2. The predicted molar refractivity (Wildman–Crippen MR) is 91.4 cm³/mol. The van der Waals surface area contributed by atoms with Crippen molar-refractivity contribution in [1.29, 1.82) is 0 Å². The van der Waals surface area contributed by atoms with Crippen LogP contribution in [0.15, 0.2) is 24.3 Å². The normalized spacial score (nSPS) is 31.0. The number of rotatable bonds is 4. The lowest BCUT2D eigenvalue weighted by molar-refractivity contribution is -0.137. The topological polar surface area (TPSA) is 47.3 Å². The van der Waals surface area contributed by atoms with E-state index in [1.807, 2.05) is 6.07 Å². The highest BCUT2D eigenvalue weighted by Crippen LogP contribution is 2.37. The Balaban J connectivity index is 1.49. The van der Waals surface area contributed by atoms with Crippen molar-refractivity contribution >= 4 is 0 Å². The Bertz CT molecular complexity index is 556. The maximum atomic E-state index is 12.9. The van der Waals surface area contributed by atoms with E-state index in [0.717, 1.165) is 56.7 Å². The molecule has 1 aromatic carbocycles. The largest absolute Gasteiger partial charge is 0.416 e. The van der Waals surface area contributed by atoms with Crippen molar-refractivity contribution in [3.8, 4) is 0 Å². The Morgan fingerprint density at radius 3 is 2.56 bits per heavy atom. The molecule has 3 rings (SSSR count). The first-order chi connectivity index (χ1) is 11.9.